The summed E-state index contributed by atoms with van der Waals surface area (Å²) in [7, 11) is 0. The highest BCUT2D eigenvalue weighted by Gasteiger charge is 2.26. The SMILES string of the molecule is N#Cc1cnc2ccc(OC(F)F)cc2c1N1CCC(OC2CCCCC2)CC1. The first-order chi connectivity index (χ1) is 14.1. The number of ether oxygens (including phenoxy) is 2. The van der Waals surface area contributed by atoms with Gasteiger partial charge in [-0.15, -0.1) is 0 Å². The number of hydrogen-bond acceptors (Lipinski definition) is 5. The lowest BCUT2D eigenvalue weighted by Crippen LogP contribution is -2.39. The average Bonchev–Trinajstić information content (AvgIpc) is 2.74. The zero-order chi connectivity index (χ0) is 20.2. The van der Waals surface area contributed by atoms with Gasteiger partial charge in [0, 0.05) is 24.7 Å². The van der Waals surface area contributed by atoms with Crippen LogP contribution in [0.5, 0.6) is 5.75 Å². The van der Waals surface area contributed by atoms with Crippen LogP contribution in [0.2, 0.25) is 0 Å². The van der Waals surface area contributed by atoms with Crippen molar-refractivity contribution in [1.82, 2.24) is 4.98 Å². The summed E-state index contributed by atoms with van der Waals surface area (Å²) in [6.07, 6.45) is 10.1. The van der Waals surface area contributed by atoms with Crippen LogP contribution in [0.1, 0.15) is 50.5 Å². The normalized spacial score (nSPS) is 18.9. The maximum absolute atomic E-state index is 12.6. The lowest BCUT2D eigenvalue weighted by atomic mass is 9.97. The van der Waals surface area contributed by atoms with Crippen LogP contribution >= 0.6 is 0 Å². The summed E-state index contributed by atoms with van der Waals surface area (Å²) in [5.41, 5.74) is 1.84. The molecule has 4 rings (SSSR count). The highest BCUT2D eigenvalue weighted by atomic mass is 19.3. The van der Waals surface area contributed by atoms with Gasteiger partial charge in [0.2, 0.25) is 0 Å². The van der Waals surface area contributed by atoms with Gasteiger partial charge in [-0.05, 0) is 43.9 Å². The Labute approximate surface area is 169 Å². The van der Waals surface area contributed by atoms with E-state index in [9.17, 15) is 14.0 Å². The number of alkyl halides is 2. The third kappa shape index (κ3) is 4.59. The summed E-state index contributed by atoms with van der Waals surface area (Å²) in [6.45, 7) is -1.38. The second-order valence-corrected chi connectivity index (χ2v) is 7.77. The summed E-state index contributed by atoms with van der Waals surface area (Å²) in [5, 5.41) is 10.3. The van der Waals surface area contributed by atoms with Crippen LogP contribution in [0.3, 0.4) is 0 Å². The molecule has 1 aliphatic carbocycles. The quantitative estimate of drug-likeness (QED) is 0.704. The van der Waals surface area contributed by atoms with Crippen LogP contribution in [0.4, 0.5) is 14.5 Å². The monoisotopic (exact) mass is 401 g/mol. The van der Waals surface area contributed by atoms with Crippen LogP contribution in [-0.4, -0.2) is 36.9 Å². The van der Waals surface area contributed by atoms with Crippen molar-refractivity contribution in [3.8, 4) is 11.8 Å². The van der Waals surface area contributed by atoms with E-state index in [1.165, 1.54) is 25.3 Å². The highest BCUT2D eigenvalue weighted by molar-refractivity contribution is 5.95. The first kappa shape index (κ1) is 19.8. The van der Waals surface area contributed by atoms with Crippen molar-refractivity contribution in [3.05, 3.63) is 30.0 Å². The largest absolute Gasteiger partial charge is 0.435 e. The molecule has 1 saturated heterocycles. The van der Waals surface area contributed by atoms with Crippen molar-refractivity contribution in [2.24, 2.45) is 0 Å². The molecule has 29 heavy (non-hydrogen) atoms. The Bertz CT molecular complexity index is 885. The number of nitrogens with zero attached hydrogens (tertiary/aromatic N) is 3. The maximum atomic E-state index is 12.6. The molecule has 2 aromatic rings. The van der Waals surface area contributed by atoms with Crippen LogP contribution < -0.4 is 9.64 Å². The standard InChI is InChI=1S/C22H25F2N3O2/c23-22(24)29-18-6-7-20-19(12-18)21(15(13-25)14-26-20)27-10-8-17(9-11-27)28-16-4-2-1-3-5-16/h6-7,12,14,16-17,22H,1-5,8-11H2. The van der Waals surface area contributed by atoms with Gasteiger partial charge in [0.05, 0.1) is 29.0 Å². The van der Waals surface area contributed by atoms with Crippen LogP contribution in [0.15, 0.2) is 24.4 Å². The summed E-state index contributed by atoms with van der Waals surface area (Å²) in [6, 6.07) is 6.87. The van der Waals surface area contributed by atoms with Crippen molar-refractivity contribution in [1.29, 1.82) is 5.26 Å². The number of anilines is 1. The van der Waals surface area contributed by atoms with Gasteiger partial charge in [-0.3, -0.25) is 4.98 Å². The molecule has 7 heteroatoms. The molecule has 1 aromatic carbocycles. The molecule has 1 aliphatic heterocycles. The number of fused-ring (bicyclic) bond motifs is 1. The average molecular weight is 401 g/mol. The van der Waals surface area contributed by atoms with Gasteiger partial charge in [-0.25, -0.2) is 0 Å². The second kappa shape index (κ2) is 8.91. The first-order valence-electron chi connectivity index (χ1n) is 10.3. The predicted octanol–water partition coefficient (Wildman–Crippen LogP) is 5.03. The molecule has 0 N–H and O–H groups in total. The minimum absolute atomic E-state index is 0.0705. The Hall–Kier alpha value is -2.46. The predicted molar refractivity (Wildman–Crippen MR) is 106 cm³/mol. The smallest absolute Gasteiger partial charge is 0.387 e. The zero-order valence-corrected chi connectivity index (χ0v) is 16.3. The molecule has 2 aliphatic rings. The first-order valence-corrected chi connectivity index (χ1v) is 10.3. The van der Waals surface area contributed by atoms with Gasteiger partial charge >= 0.3 is 6.61 Å². The summed E-state index contributed by atoms with van der Waals surface area (Å²) < 4.78 is 36.2. The molecule has 0 spiro atoms. The molecular formula is C22H25F2N3O2. The molecule has 1 saturated carbocycles. The van der Waals surface area contributed by atoms with E-state index in [2.05, 4.69) is 20.7 Å². The van der Waals surface area contributed by atoms with Crippen molar-refractivity contribution in [2.45, 2.75) is 63.8 Å². The molecule has 2 heterocycles. The minimum atomic E-state index is -2.89. The summed E-state index contributed by atoms with van der Waals surface area (Å²) >= 11 is 0. The van der Waals surface area contributed by atoms with E-state index >= 15 is 0 Å². The fourth-order valence-corrected chi connectivity index (χ4v) is 4.45. The van der Waals surface area contributed by atoms with Gasteiger partial charge in [0.1, 0.15) is 11.8 Å². The Morgan fingerprint density at radius 2 is 1.79 bits per heavy atom. The van der Waals surface area contributed by atoms with Crippen molar-refractivity contribution in [3.63, 3.8) is 0 Å². The van der Waals surface area contributed by atoms with Crippen LogP contribution in [0, 0.1) is 11.3 Å². The second-order valence-electron chi connectivity index (χ2n) is 7.77. The van der Waals surface area contributed by atoms with Crippen LogP contribution in [0.25, 0.3) is 10.9 Å². The molecule has 0 amide bonds. The fraction of sp³-hybridized carbons (Fsp3) is 0.545. The third-order valence-electron chi connectivity index (χ3n) is 5.85. The zero-order valence-electron chi connectivity index (χ0n) is 16.3. The number of aromatic nitrogens is 1. The Balaban J connectivity index is 1.54. The van der Waals surface area contributed by atoms with E-state index in [-0.39, 0.29) is 11.9 Å². The van der Waals surface area contributed by atoms with E-state index in [1.54, 1.807) is 18.3 Å². The number of rotatable bonds is 5. The molecule has 2 fully saturated rings. The number of hydrogen-bond donors (Lipinski definition) is 0. The highest BCUT2D eigenvalue weighted by Crippen LogP contribution is 2.35. The van der Waals surface area contributed by atoms with Gasteiger partial charge in [-0.1, -0.05) is 19.3 Å². The Kier molecular flexibility index (Phi) is 6.10. The van der Waals surface area contributed by atoms with E-state index in [0.717, 1.165) is 44.5 Å². The number of halogens is 2. The van der Waals surface area contributed by atoms with Gasteiger partial charge in [0.15, 0.2) is 0 Å². The third-order valence-corrected chi connectivity index (χ3v) is 5.85. The van der Waals surface area contributed by atoms with Crippen molar-refractivity contribution >= 4 is 16.6 Å². The van der Waals surface area contributed by atoms with Gasteiger partial charge in [0.25, 0.3) is 0 Å². The number of piperidine rings is 1. The topological polar surface area (TPSA) is 58.4 Å². The Morgan fingerprint density at radius 1 is 1.07 bits per heavy atom. The van der Waals surface area contributed by atoms with Crippen LogP contribution in [-0.2, 0) is 4.74 Å². The Morgan fingerprint density at radius 3 is 2.48 bits per heavy atom. The van der Waals surface area contributed by atoms with Gasteiger partial charge in [-0.2, -0.15) is 14.0 Å². The van der Waals surface area contributed by atoms with E-state index in [1.807, 2.05) is 0 Å². The molecule has 5 nitrogen and oxygen atoms in total. The van der Waals surface area contributed by atoms with E-state index in [0.29, 0.717) is 22.6 Å². The fourth-order valence-electron chi connectivity index (χ4n) is 4.45. The minimum Gasteiger partial charge on any atom is -0.435 e. The molecule has 0 radical (unpaired) electrons. The summed E-state index contributed by atoms with van der Waals surface area (Å²) in [5.74, 6) is 0.0705. The molecule has 154 valence electrons. The van der Waals surface area contributed by atoms with E-state index < -0.39 is 6.61 Å². The van der Waals surface area contributed by atoms with Gasteiger partial charge < -0.3 is 14.4 Å². The molecule has 0 unspecified atom stereocenters. The van der Waals surface area contributed by atoms with E-state index in [4.69, 9.17) is 4.74 Å². The molecule has 0 bridgehead atoms. The molecule has 0 atom stereocenters. The molecule has 1 aromatic heterocycles. The molecular weight excluding hydrogens is 376 g/mol. The van der Waals surface area contributed by atoms with Crippen molar-refractivity contribution in [2.75, 3.05) is 18.0 Å². The maximum Gasteiger partial charge on any atom is 0.387 e. The van der Waals surface area contributed by atoms with Crippen molar-refractivity contribution < 1.29 is 18.3 Å². The lowest BCUT2D eigenvalue weighted by Gasteiger charge is -2.36. The summed E-state index contributed by atoms with van der Waals surface area (Å²) in [4.78, 5) is 6.45. The number of benzene rings is 1. The lowest BCUT2D eigenvalue weighted by molar-refractivity contribution is -0.0497. The number of nitriles is 1. The number of pyridine rings is 1.